The number of nitrogens with one attached hydrogen (secondary N) is 1. The summed E-state index contributed by atoms with van der Waals surface area (Å²) in [5.74, 6) is 0.614. The van der Waals surface area contributed by atoms with Gasteiger partial charge in [0.15, 0.2) is 0 Å². The van der Waals surface area contributed by atoms with E-state index < -0.39 is 0 Å². The molecule has 53 heavy (non-hydrogen) atoms. The molecule has 0 saturated heterocycles. The first-order valence-corrected chi connectivity index (χ1v) is 20.0. The molecular formula is C40H73NO12. The number of amides is 1. The summed E-state index contributed by atoms with van der Waals surface area (Å²) in [5, 5.41) is 2.71. The molecule has 0 aliphatic rings. The van der Waals surface area contributed by atoms with Crippen LogP contribution < -0.4 is 10.1 Å². The van der Waals surface area contributed by atoms with Crippen LogP contribution in [0.1, 0.15) is 78.1 Å². The maximum atomic E-state index is 11.0. The molecule has 0 radical (unpaired) electrons. The van der Waals surface area contributed by atoms with E-state index in [4.69, 9.17) is 52.1 Å². The maximum absolute atomic E-state index is 11.0. The molecule has 0 bridgehead atoms. The summed E-state index contributed by atoms with van der Waals surface area (Å²) in [5.41, 5.74) is 0.734. The van der Waals surface area contributed by atoms with Crippen molar-refractivity contribution < 1.29 is 56.9 Å². The summed E-state index contributed by atoms with van der Waals surface area (Å²) < 4.78 is 60.9. The van der Waals surface area contributed by atoms with Gasteiger partial charge in [0.2, 0.25) is 5.91 Å². The van der Waals surface area contributed by atoms with E-state index in [2.05, 4.69) is 12.2 Å². The predicted octanol–water partition coefficient (Wildman–Crippen LogP) is 6.11. The van der Waals surface area contributed by atoms with Crippen LogP contribution in [0, 0.1) is 0 Å². The van der Waals surface area contributed by atoms with Crippen molar-refractivity contribution in [1.29, 1.82) is 0 Å². The molecule has 0 fully saturated rings. The molecule has 0 saturated carbocycles. The van der Waals surface area contributed by atoms with E-state index in [1.54, 1.807) is 24.3 Å². The molecule has 0 unspecified atom stereocenters. The number of rotatable bonds is 43. The van der Waals surface area contributed by atoms with Crippen molar-refractivity contribution in [2.45, 2.75) is 78.1 Å². The minimum atomic E-state index is -0.106. The van der Waals surface area contributed by atoms with E-state index in [0.29, 0.717) is 132 Å². The second-order valence-corrected chi connectivity index (χ2v) is 12.4. The lowest BCUT2D eigenvalue weighted by Crippen LogP contribution is -2.15. The molecule has 13 nitrogen and oxygen atoms in total. The first-order valence-electron chi connectivity index (χ1n) is 20.0. The minimum Gasteiger partial charge on any atom is -0.491 e. The van der Waals surface area contributed by atoms with Crippen molar-refractivity contribution in [2.24, 2.45) is 0 Å². The third-order valence-electron chi connectivity index (χ3n) is 7.66. The highest BCUT2D eigenvalue weighted by Crippen LogP contribution is 2.15. The van der Waals surface area contributed by atoms with Gasteiger partial charge in [0.05, 0.1) is 126 Å². The number of carbonyl (C=O) groups excluding carboxylic acids is 1. The van der Waals surface area contributed by atoms with Crippen molar-refractivity contribution in [1.82, 2.24) is 0 Å². The van der Waals surface area contributed by atoms with Gasteiger partial charge < -0.3 is 57.4 Å². The van der Waals surface area contributed by atoms with Gasteiger partial charge in [-0.15, -0.1) is 0 Å². The van der Waals surface area contributed by atoms with Gasteiger partial charge >= 0.3 is 0 Å². The highest BCUT2D eigenvalue weighted by Gasteiger charge is 1.99. The Morgan fingerprint density at radius 2 is 0.679 bits per heavy atom. The Hall–Kier alpha value is -1.91. The summed E-state index contributed by atoms with van der Waals surface area (Å²) in [7, 11) is 0. The van der Waals surface area contributed by atoms with E-state index in [1.807, 2.05) is 0 Å². The first-order chi connectivity index (χ1) is 26.2. The lowest BCUT2D eigenvalue weighted by atomic mass is 10.1. The minimum absolute atomic E-state index is 0.106. The van der Waals surface area contributed by atoms with E-state index >= 15 is 0 Å². The zero-order chi connectivity index (χ0) is 38.0. The van der Waals surface area contributed by atoms with Crippen LogP contribution in [0.15, 0.2) is 24.3 Å². The molecule has 1 aromatic carbocycles. The number of ether oxygens (including phenoxy) is 11. The Kier molecular flexibility index (Phi) is 38.2. The van der Waals surface area contributed by atoms with E-state index in [9.17, 15) is 4.79 Å². The van der Waals surface area contributed by atoms with Crippen LogP contribution in [-0.4, -0.2) is 145 Å². The summed E-state index contributed by atoms with van der Waals surface area (Å²) in [6.07, 6.45) is 13.4. The van der Waals surface area contributed by atoms with Crippen LogP contribution in [0.2, 0.25) is 0 Å². The largest absolute Gasteiger partial charge is 0.491 e. The highest BCUT2D eigenvalue weighted by molar-refractivity contribution is 5.88. The maximum Gasteiger partial charge on any atom is 0.221 e. The Balaban J connectivity index is 1.64. The molecule has 0 aliphatic heterocycles. The molecule has 1 rings (SSSR count). The number of hydrogen-bond acceptors (Lipinski definition) is 12. The van der Waals surface area contributed by atoms with Crippen LogP contribution in [0.5, 0.6) is 5.75 Å². The van der Waals surface area contributed by atoms with Crippen LogP contribution in [0.3, 0.4) is 0 Å². The molecule has 310 valence electrons. The zero-order valence-corrected chi connectivity index (χ0v) is 33.1. The third-order valence-corrected chi connectivity index (χ3v) is 7.66. The van der Waals surface area contributed by atoms with Gasteiger partial charge in [-0.3, -0.25) is 4.79 Å². The number of anilines is 1. The molecule has 1 N–H and O–H groups in total. The molecular weight excluding hydrogens is 686 g/mol. The fourth-order valence-electron chi connectivity index (χ4n) is 4.83. The standard InChI is InChI=1S/C40H73NO12/c1-3-4-5-6-7-8-9-10-11-12-17-43-18-19-44-20-21-45-22-23-46-24-25-47-26-27-48-28-29-49-30-31-50-32-33-51-34-35-52-36-37-53-40-15-13-39(14-16-40)41-38(2)42/h13-16H,3-12,17-37H2,1-2H3,(H,41,42). The van der Waals surface area contributed by atoms with Crippen molar-refractivity contribution in [3.05, 3.63) is 24.3 Å². The highest BCUT2D eigenvalue weighted by atomic mass is 16.6. The van der Waals surface area contributed by atoms with E-state index in [0.717, 1.165) is 24.5 Å². The number of carbonyl (C=O) groups is 1. The molecule has 0 aromatic heterocycles. The van der Waals surface area contributed by atoms with Crippen LogP contribution >= 0.6 is 0 Å². The summed E-state index contributed by atoms with van der Waals surface area (Å²) >= 11 is 0. The summed E-state index contributed by atoms with van der Waals surface area (Å²) in [6, 6.07) is 7.19. The van der Waals surface area contributed by atoms with Crippen LogP contribution in [0.4, 0.5) is 5.69 Å². The molecule has 0 heterocycles. The Morgan fingerprint density at radius 3 is 1.00 bits per heavy atom. The fourth-order valence-corrected chi connectivity index (χ4v) is 4.83. The van der Waals surface area contributed by atoms with Gasteiger partial charge in [0.25, 0.3) is 0 Å². The Labute approximate surface area is 320 Å². The van der Waals surface area contributed by atoms with Gasteiger partial charge in [-0.2, -0.15) is 0 Å². The number of unbranched alkanes of at least 4 members (excludes halogenated alkanes) is 9. The molecule has 0 spiro atoms. The number of hydrogen-bond donors (Lipinski definition) is 1. The van der Waals surface area contributed by atoms with Gasteiger partial charge in [-0.25, -0.2) is 0 Å². The topological polar surface area (TPSA) is 131 Å². The first kappa shape index (κ1) is 49.1. The quantitative estimate of drug-likeness (QED) is 0.0772. The lowest BCUT2D eigenvalue weighted by Gasteiger charge is -2.09. The predicted molar refractivity (Wildman–Crippen MR) is 206 cm³/mol. The Morgan fingerprint density at radius 1 is 0.396 bits per heavy atom. The normalized spacial score (nSPS) is 11.4. The van der Waals surface area contributed by atoms with Crippen LogP contribution in [-0.2, 0) is 52.2 Å². The van der Waals surface area contributed by atoms with Crippen molar-refractivity contribution in [2.75, 3.05) is 144 Å². The second-order valence-electron chi connectivity index (χ2n) is 12.4. The van der Waals surface area contributed by atoms with Crippen molar-refractivity contribution in [3.63, 3.8) is 0 Å². The molecule has 0 aliphatic carbocycles. The fraction of sp³-hybridized carbons (Fsp3) is 0.825. The van der Waals surface area contributed by atoms with Crippen LogP contribution in [0.25, 0.3) is 0 Å². The van der Waals surface area contributed by atoms with Crippen molar-refractivity contribution >= 4 is 11.6 Å². The Bertz CT molecular complexity index is 880. The van der Waals surface area contributed by atoms with Gasteiger partial charge in [0.1, 0.15) is 12.4 Å². The molecule has 1 aromatic rings. The van der Waals surface area contributed by atoms with Gasteiger partial charge in [0, 0.05) is 19.2 Å². The van der Waals surface area contributed by atoms with E-state index in [-0.39, 0.29) is 5.91 Å². The molecule has 13 heteroatoms. The summed E-state index contributed by atoms with van der Waals surface area (Å²) in [4.78, 5) is 11.0. The van der Waals surface area contributed by atoms with E-state index in [1.165, 1.54) is 64.7 Å². The van der Waals surface area contributed by atoms with Gasteiger partial charge in [-0.05, 0) is 30.7 Å². The lowest BCUT2D eigenvalue weighted by molar-refractivity contribution is -0.114. The monoisotopic (exact) mass is 760 g/mol. The second kappa shape index (κ2) is 41.3. The van der Waals surface area contributed by atoms with Crippen molar-refractivity contribution in [3.8, 4) is 5.75 Å². The summed E-state index contributed by atoms with van der Waals surface area (Å²) in [6.45, 7) is 14.9. The zero-order valence-electron chi connectivity index (χ0n) is 33.1. The number of benzene rings is 1. The average Bonchev–Trinajstić information content (AvgIpc) is 3.16. The SMILES string of the molecule is CCCCCCCCCCCCOCCOCCOCCOCCOCCOCCOCCOCCOCCOCCOc1ccc(NC(C)=O)cc1. The smallest absolute Gasteiger partial charge is 0.221 e. The molecule has 0 atom stereocenters. The molecule has 1 amide bonds. The average molecular weight is 760 g/mol. The van der Waals surface area contributed by atoms with Gasteiger partial charge in [-0.1, -0.05) is 64.7 Å². The third kappa shape index (κ3) is 38.2.